The van der Waals surface area contributed by atoms with Gasteiger partial charge >= 0.3 is 5.97 Å². The molecule has 0 amide bonds. The summed E-state index contributed by atoms with van der Waals surface area (Å²) in [7, 11) is 2.14. The summed E-state index contributed by atoms with van der Waals surface area (Å²) in [6.45, 7) is 2.79. The Labute approximate surface area is 127 Å². The molecule has 0 spiro atoms. The van der Waals surface area contributed by atoms with Crippen LogP contribution in [0.1, 0.15) is 37.7 Å². The van der Waals surface area contributed by atoms with Gasteiger partial charge in [0, 0.05) is 12.5 Å². The van der Waals surface area contributed by atoms with Gasteiger partial charge < -0.3 is 9.64 Å². The summed E-state index contributed by atoms with van der Waals surface area (Å²) in [5.41, 5.74) is 0.768. The maximum absolute atomic E-state index is 12.6. The van der Waals surface area contributed by atoms with Gasteiger partial charge in [0.1, 0.15) is 0 Å². The molecule has 1 saturated carbocycles. The van der Waals surface area contributed by atoms with Gasteiger partial charge in [0.2, 0.25) is 0 Å². The number of piperidine rings is 1. The summed E-state index contributed by atoms with van der Waals surface area (Å²) in [4.78, 5) is 15.0. The Balaban J connectivity index is 1.61. The Kier molecular flexibility index (Phi) is 4.29. The molecule has 114 valence electrons. The van der Waals surface area contributed by atoms with Crippen molar-refractivity contribution in [3.05, 3.63) is 35.9 Å². The summed E-state index contributed by atoms with van der Waals surface area (Å²) in [6, 6.07) is 10.2. The highest BCUT2D eigenvalue weighted by atomic mass is 16.5. The molecule has 2 fully saturated rings. The van der Waals surface area contributed by atoms with E-state index in [1.54, 1.807) is 0 Å². The Morgan fingerprint density at radius 2 is 2.05 bits per heavy atom. The predicted octanol–water partition coefficient (Wildman–Crippen LogP) is 2.99. The van der Waals surface area contributed by atoms with Crippen LogP contribution in [0.25, 0.3) is 0 Å². The quantitative estimate of drug-likeness (QED) is 0.797. The second-order valence-electron chi connectivity index (χ2n) is 6.67. The highest BCUT2D eigenvalue weighted by Gasteiger charge is 2.47. The van der Waals surface area contributed by atoms with Crippen molar-refractivity contribution in [1.29, 1.82) is 0 Å². The average Bonchev–Trinajstić information content (AvgIpc) is 2.45. The summed E-state index contributed by atoms with van der Waals surface area (Å²) in [6.07, 6.45) is 5.37. The lowest BCUT2D eigenvalue weighted by Gasteiger charge is -2.40. The predicted molar refractivity (Wildman–Crippen MR) is 83.2 cm³/mol. The van der Waals surface area contributed by atoms with E-state index < -0.39 is 0 Å². The maximum atomic E-state index is 12.6. The third kappa shape index (κ3) is 2.98. The van der Waals surface area contributed by atoms with Gasteiger partial charge in [-0.25, -0.2) is 0 Å². The normalized spacial score (nSPS) is 25.1. The molecule has 1 aromatic rings. The van der Waals surface area contributed by atoms with E-state index >= 15 is 0 Å². The first-order valence-electron chi connectivity index (χ1n) is 8.12. The van der Waals surface area contributed by atoms with Gasteiger partial charge in [-0.2, -0.15) is 0 Å². The van der Waals surface area contributed by atoms with E-state index in [0.29, 0.717) is 12.5 Å². The molecule has 1 atom stereocenters. The molecule has 0 radical (unpaired) electrons. The number of hydrogen-bond donors (Lipinski definition) is 0. The van der Waals surface area contributed by atoms with Crippen LogP contribution in [-0.4, -0.2) is 37.6 Å². The number of carbonyl (C=O) groups is 1. The first-order chi connectivity index (χ1) is 10.2. The summed E-state index contributed by atoms with van der Waals surface area (Å²) in [5, 5.41) is 0. The minimum atomic E-state index is -0.359. The van der Waals surface area contributed by atoms with E-state index in [1.807, 2.05) is 18.2 Å². The number of benzene rings is 1. The third-order valence-electron chi connectivity index (χ3n) is 5.10. The van der Waals surface area contributed by atoms with Crippen molar-refractivity contribution in [1.82, 2.24) is 4.90 Å². The Morgan fingerprint density at radius 1 is 1.29 bits per heavy atom. The number of ether oxygens (including phenoxy) is 1. The van der Waals surface area contributed by atoms with Crippen LogP contribution < -0.4 is 0 Å². The van der Waals surface area contributed by atoms with Crippen molar-refractivity contribution in [2.24, 2.45) is 5.92 Å². The number of likely N-dealkylation sites (tertiary alicyclic amines) is 1. The Morgan fingerprint density at radius 3 is 2.67 bits per heavy atom. The molecule has 1 aliphatic carbocycles. The highest BCUT2D eigenvalue weighted by Crippen LogP contribution is 2.44. The monoisotopic (exact) mass is 287 g/mol. The Hall–Kier alpha value is -1.35. The summed E-state index contributed by atoms with van der Waals surface area (Å²) < 4.78 is 5.73. The fourth-order valence-electron chi connectivity index (χ4n) is 3.64. The molecule has 0 N–H and O–H groups in total. The molecule has 21 heavy (non-hydrogen) atoms. The number of nitrogens with zero attached hydrogens (tertiary/aromatic N) is 1. The lowest BCUT2D eigenvalue weighted by atomic mass is 9.64. The molecule has 0 aromatic heterocycles. The molecule has 1 unspecified atom stereocenters. The fourth-order valence-corrected chi connectivity index (χ4v) is 3.64. The van der Waals surface area contributed by atoms with E-state index in [4.69, 9.17) is 4.74 Å². The smallest absolute Gasteiger partial charge is 0.316 e. The zero-order valence-corrected chi connectivity index (χ0v) is 12.9. The Bertz CT molecular complexity index is 481. The first kappa shape index (κ1) is 14.6. The van der Waals surface area contributed by atoms with E-state index in [9.17, 15) is 4.79 Å². The third-order valence-corrected chi connectivity index (χ3v) is 5.10. The molecule has 3 rings (SSSR count). The summed E-state index contributed by atoms with van der Waals surface area (Å²) in [5.74, 6) is 0.494. The molecule has 1 heterocycles. The molecule has 0 bridgehead atoms. The molecule has 3 nitrogen and oxygen atoms in total. The molecule has 1 saturated heterocycles. The SMILES string of the molecule is CN1CCCC(COC(=O)C2(c3ccccc3)CCC2)C1. The van der Waals surface area contributed by atoms with Crippen LogP contribution in [0.5, 0.6) is 0 Å². The first-order valence-corrected chi connectivity index (χ1v) is 8.12. The molecular weight excluding hydrogens is 262 g/mol. The van der Waals surface area contributed by atoms with Crippen molar-refractivity contribution in [2.75, 3.05) is 26.7 Å². The molecule has 1 aliphatic heterocycles. The van der Waals surface area contributed by atoms with Crippen LogP contribution in [0, 0.1) is 5.92 Å². The topological polar surface area (TPSA) is 29.5 Å². The van der Waals surface area contributed by atoms with E-state index in [0.717, 1.165) is 31.4 Å². The standard InChI is InChI=1S/C18H25NO2/c1-19-12-5-7-15(13-19)14-21-17(20)18(10-6-11-18)16-8-3-2-4-9-16/h2-4,8-9,15H,5-7,10-14H2,1H3. The summed E-state index contributed by atoms with van der Waals surface area (Å²) >= 11 is 0. The second-order valence-corrected chi connectivity index (χ2v) is 6.67. The zero-order valence-electron chi connectivity index (χ0n) is 12.9. The lowest BCUT2D eigenvalue weighted by molar-refractivity contribution is -0.156. The second kappa shape index (κ2) is 6.18. The molecule has 2 aliphatic rings. The number of carbonyl (C=O) groups excluding carboxylic acids is 1. The minimum absolute atomic E-state index is 0.00632. The van der Waals surface area contributed by atoms with Gasteiger partial charge in [0.25, 0.3) is 0 Å². The number of esters is 1. The van der Waals surface area contributed by atoms with E-state index in [2.05, 4.69) is 24.1 Å². The van der Waals surface area contributed by atoms with Gasteiger partial charge in [-0.15, -0.1) is 0 Å². The van der Waals surface area contributed by atoms with Gasteiger partial charge in [0.15, 0.2) is 0 Å². The van der Waals surface area contributed by atoms with Crippen LogP contribution in [0.15, 0.2) is 30.3 Å². The average molecular weight is 287 g/mol. The molecule has 3 heteroatoms. The van der Waals surface area contributed by atoms with Crippen LogP contribution >= 0.6 is 0 Å². The lowest BCUT2D eigenvalue weighted by Crippen LogP contribution is -2.44. The molecule has 1 aromatic carbocycles. The van der Waals surface area contributed by atoms with Crippen molar-refractivity contribution in [3.63, 3.8) is 0 Å². The van der Waals surface area contributed by atoms with Crippen LogP contribution in [0.3, 0.4) is 0 Å². The van der Waals surface area contributed by atoms with E-state index in [-0.39, 0.29) is 11.4 Å². The van der Waals surface area contributed by atoms with Crippen molar-refractivity contribution in [3.8, 4) is 0 Å². The van der Waals surface area contributed by atoms with Gasteiger partial charge in [-0.1, -0.05) is 36.8 Å². The van der Waals surface area contributed by atoms with Crippen molar-refractivity contribution < 1.29 is 9.53 Å². The zero-order chi connectivity index (χ0) is 14.7. The highest BCUT2D eigenvalue weighted by molar-refractivity contribution is 5.84. The maximum Gasteiger partial charge on any atom is 0.316 e. The van der Waals surface area contributed by atoms with Gasteiger partial charge in [-0.3, -0.25) is 4.79 Å². The molecular formula is C18H25NO2. The number of rotatable bonds is 4. The minimum Gasteiger partial charge on any atom is -0.465 e. The van der Waals surface area contributed by atoms with Gasteiger partial charge in [-0.05, 0) is 44.8 Å². The largest absolute Gasteiger partial charge is 0.465 e. The van der Waals surface area contributed by atoms with Crippen LogP contribution in [0.4, 0.5) is 0 Å². The number of hydrogen-bond acceptors (Lipinski definition) is 3. The fraction of sp³-hybridized carbons (Fsp3) is 0.611. The van der Waals surface area contributed by atoms with Crippen molar-refractivity contribution >= 4 is 5.97 Å². The van der Waals surface area contributed by atoms with E-state index in [1.165, 1.54) is 19.4 Å². The van der Waals surface area contributed by atoms with Gasteiger partial charge in [0.05, 0.1) is 12.0 Å². The van der Waals surface area contributed by atoms with Crippen molar-refractivity contribution in [2.45, 2.75) is 37.5 Å². The van der Waals surface area contributed by atoms with Crippen LogP contribution in [0.2, 0.25) is 0 Å². The van der Waals surface area contributed by atoms with Crippen LogP contribution in [-0.2, 0) is 14.9 Å².